The Morgan fingerprint density at radius 2 is 2.00 bits per heavy atom. The summed E-state index contributed by atoms with van der Waals surface area (Å²) in [5.41, 5.74) is 0.561. The number of hydrogen-bond donors (Lipinski definition) is 1. The van der Waals surface area contributed by atoms with Gasteiger partial charge in [-0.05, 0) is 0 Å². The van der Waals surface area contributed by atoms with Gasteiger partial charge in [0.2, 0.25) is 0 Å². The topological polar surface area (TPSA) is 79.0 Å². The fourth-order valence-corrected chi connectivity index (χ4v) is 1.05. The van der Waals surface area contributed by atoms with E-state index in [0.29, 0.717) is 5.69 Å². The van der Waals surface area contributed by atoms with Crippen molar-refractivity contribution in [1.82, 2.24) is 20.3 Å². The van der Waals surface area contributed by atoms with Crippen molar-refractivity contribution in [2.45, 2.75) is 6.54 Å². The predicted molar refractivity (Wildman–Crippen MR) is 41.1 cm³/mol. The van der Waals surface area contributed by atoms with Crippen LogP contribution in [0.4, 0.5) is 0 Å². The highest BCUT2D eigenvalue weighted by atomic mass is 16.2. The Kier molecular flexibility index (Phi) is 1.66. The predicted octanol–water partition coefficient (Wildman–Crippen LogP) is -0.770. The lowest BCUT2D eigenvalue weighted by atomic mass is 10.4. The third-order valence-corrected chi connectivity index (χ3v) is 1.69. The molecule has 66 valence electrons. The minimum absolute atomic E-state index is 0.168. The molecule has 6 heteroatoms. The van der Waals surface area contributed by atoms with E-state index in [4.69, 9.17) is 0 Å². The van der Waals surface area contributed by atoms with Gasteiger partial charge in [-0.1, -0.05) is 5.21 Å². The number of carbonyl (C=O) groups is 2. The smallest absolute Gasteiger partial charge is 0.253 e. The number of aromatic amines is 1. The largest absolute Gasteiger partial charge is 0.269 e. The van der Waals surface area contributed by atoms with Crippen molar-refractivity contribution in [3.8, 4) is 0 Å². The van der Waals surface area contributed by atoms with E-state index < -0.39 is 0 Å². The fourth-order valence-electron chi connectivity index (χ4n) is 1.05. The van der Waals surface area contributed by atoms with Crippen molar-refractivity contribution in [3.05, 3.63) is 24.0 Å². The normalized spacial score (nSPS) is 15.8. The Balaban J connectivity index is 2.11. The van der Waals surface area contributed by atoms with Crippen LogP contribution in [-0.2, 0) is 16.1 Å². The van der Waals surface area contributed by atoms with Crippen LogP contribution >= 0.6 is 0 Å². The maximum absolute atomic E-state index is 11.1. The van der Waals surface area contributed by atoms with E-state index in [1.54, 1.807) is 6.20 Å². The Morgan fingerprint density at radius 1 is 1.31 bits per heavy atom. The summed E-state index contributed by atoms with van der Waals surface area (Å²) in [6.45, 7) is 0.168. The molecule has 0 bridgehead atoms. The summed E-state index contributed by atoms with van der Waals surface area (Å²) in [6.07, 6.45) is 4.02. The SMILES string of the molecule is O=C1C=CC(=O)N1Cc1c[nH]nn1. The molecule has 6 nitrogen and oxygen atoms in total. The van der Waals surface area contributed by atoms with Crippen LogP contribution in [0.15, 0.2) is 18.3 Å². The maximum Gasteiger partial charge on any atom is 0.253 e. The minimum atomic E-state index is -0.312. The Labute approximate surface area is 73.2 Å². The van der Waals surface area contributed by atoms with Gasteiger partial charge in [0.05, 0.1) is 6.54 Å². The monoisotopic (exact) mass is 178 g/mol. The molecule has 0 spiro atoms. The fraction of sp³-hybridized carbons (Fsp3) is 0.143. The van der Waals surface area contributed by atoms with Crippen molar-refractivity contribution in [2.75, 3.05) is 0 Å². The molecule has 2 heterocycles. The summed E-state index contributed by atoms with van der Waals surface area (Å²) in [5.74, 6) is -0.624. The van der Waals surface area contributed by atoms with Gasteiger partial charge in [-0.25, -0.2) is 0 Å². The van der Waals surface area contributed by atoms with Crippen molar-refractivity contribution >= 4 is 11.8 Å². The molecule has 0 fully saturated rings. The molecule has 0 aliphatic carbocycles. The van der Waals surface area contributed by atoms with Crippen molar-refractivity contribution in [3.63, 3.8) is 0 Å². The second-order valence-corrected chi connectivity index (χ2v) is 2.56. The van der Waals surface area contributed by atoms with Crippen LogP contribution in [-0.4, -0.2) is 32.1 Å². The number of amides is 2. The highest BCUT2D eigenvalue weighted by molar-refractivity contribution is 6.12. The molecule has 0 atom stereocenters. The van der Waals surface area contributed by atoms with Crippen molar-refractivity contribution < 1.29 is 9.59 Å². The lowest BCUT2D eigenvalue weighted by Crippen LogP contribution is -2.29. The standard InChI is InChI=1S/C7H6N4O2/c12-6-1-2-7(13)11(6)4-5-3-8-10-9-5/h1-3H,4H2,(H,8,9,10). The van der Waals surface area contributed by atoms with Crippen molar-refractivity contribution in [2.24, 2.45) is 0 Å². The summed E-state index contributed by atoms with van der Waals surface area (Å²) in [6, 6.07) is 0. The molecule has 0 saturated heterocycles. The number of H-pyrrole nitrogens is 1. The second kappa shape index (κ2) is 2.81. The van der Waals surface area contributed by atoms with Gasteiger partial charge in [0, 0.05) is 18.3 Å². The molecular formula is C7H6N4O2. The Bertz CT molecular complexity index is 350. The molecule has 0 unspecified atom stereocenters. The van der Waals surface area contributed by atoms with Crippen LogP contribution in [0.5, 0.6) is 0 Å². The zero-order valence-corrected chi connectivity index (χ0v) is 6.60. The molecule has 1 aliphatic rings. The van der Waals surface area contributed by atoms with E-state index >= 15 is 0 Å². The summed E-state index contributed by atoms with van der Waals surface area (Å²) >= 11 is 0. The average molecular weight is 178 g/mol. The summed E-state index contributed by atoms with van der Waals surface area (Å²) in [5, 5.41) is 9.64. The Hall–Kier alpha value is -1.98. The average Bonchev–Trinajstić information content (AvgIpc) is 2.70. The minimum Gasteiger partial charge on any atom is -0.269 e. The number of rotatable bonds is 2. The molecule has 2 rings (SSSR count). The molecule has 1 N–H and O–H groups in total. The van der Waals surface area contributed by atoms with Crippen LogP contribution < -0.4 is 0 Å². The summed E-state index contributed by atoms with van der Waals surface area (Å²) in [4.78, 5) is 23.2. The van der Waals surface area contributed by atoms with E-state index in [9.17, 15) is 9.59 Å². The van der Waals surface area contributed by atoms with E-state index in [-0.39, 0.29) is 18.4 Å². The van der Waals surface area contributed by atoms with Crippen LogP contribution in [0.25, 0.3) is 0 Å². The number of hydrogen-bond acceptors (Lipinski definition) is 4. The zero-order chi connectivity index (χ0) is 9.26. The van der Waals surface area contributed by atoms with Gasteiger partial charge in [0.1, 0.15) is 5.69 Å². The number of nitrogens with zero attached hydrogens (tertiary/aromatic N) is 3. The molecule has 1 aromatic rings. The highest BCUT2D eigenvalue weighted by Gasteiger charge is 2.23. The van der Waals surface area contributed by atoms with Gasteiger partial charge in [0.15, 0.2) is 0 Å². The molecule has 1 aliphatic heterocycles. The molecule has 2 amide bonds. The molecule has 0 saturated carbocycles. The van der Waals surface area contributed by atoms with E-state index in [1.807, 2.05) is 0 Å². The van der Waals surface area contributed by atoms with Gasteiger partial charge >= 0.3 is 0 Å². The van der Waals surface area contributed by atoms with Crippen LogP contribution in [0.2, 0.25) is 0 Å². The number of nitrogens with one attached hydrogen (secondary N) is 1. The van der Waals surface area contributed by atoms with Gasteiger partial charge in [-0.3, -0.25) is 19.6 Å². The first-order valence-electron chi connectivity index (χ1n) is 3.66. The Morgan fingerprint density at radius 3 is 2.54 bits per heavy atom. The third kappa shape index (κ3) is 1.33. The first kappa shape index (κ1) is 7.66. The lowest BCUT2D eigenvalue weighted by Gasteiger charge is -2.10. The molecule has 0 radical (unpaired) electrons. The van der Waals surface area contributed by atoms with Gasteiger partial charge in [-0.15, -0.1) is 5.10 Å². The third-order valence-electron chi connectivity index (χ3n) is 1.69. The van der Waals surface area contributed by atoms with Crippen molar-refractivity contribution in [1.29, 1.82) is 0 Å². The molecule has 13 heavy (non-hydrogen) atoms. The molecular weight excluding hydrogens is 172 g/mol. The van der Waals surface area contributed by atoms with E-state index in [0.717, 1.165) is 4.90 Å². The zero-order valence-electron chi connectivity index (χ0n) is 6.60. The summed E-state index contributed by atoms with van der Waals surface area (Å²) in [7, 11) is 0. The number of carbonyl (C=O) groups excluding carboxylic acids is 2. The first-order valence-corrected chi connectivity index (χ1v) is 3.66. The second-order valence-electron chi connectivity index (χ2n) is 2.56. The van der Waals surface area contributed by atoms with E-state index in [1.165, 1.54) is 12.2 Å². The van der Waals surface area contributed by atoms with Crippen LogP contribution in [0.3, 0.4) is 0 Å². The summed E-state index contributed by atoms with van der Waals surface area (Å²) < 4.78 is 0. The van der Waals surface area contributed by atoms with Crippen LogP contribution in [0.1, 0.15) is 5.69 Å². The van der Waals surface area contributed by atoms with Gasteiger partial charge < -0.3 is 0 Å². The van der Waals surface area contributed by atoms with Gasteiger partial charge in [-0.2, -0.15) is 0 Å². The van der Waals surface area contributed by atoms with Gasteiger partial charge in [0.25, 0.3) is 11.8 Å². The highest BCUT2D eigenvalue weighted by Crippen LogP contribution is 2.07. The number of aromatic nitrogens is 3. The number of imide groups is 1. The lowest BCUT2D eigenvalue weighted by molar-refractivity contribution is -0.137. The van der Waals surface area contributed by atoms with Crippen LogP contribution in [0, 0.1) is 0 Å². The first-order chi connectivity index (χ1) is 6.27. The van der Waals surface area contributed by atoms with E-state index in [2.05, 4.69) is 15.4 Å². The molecule has 1 aromatic heterocycles. The quantitative estimate of drug-likeness (QED) is 0.603. The maximum atomic E-state index is 11.1. The molecule has 0 aromatic carbocycles.